The third-order valence-electron chi connectivity index (χ3n) is 2.92. The minimum atomic E-state index is -1.91. The van der Waals surface area contributed by atoms with Gasteiger partial charge in [-0.05, 0) is 17.5 Å². The van der Waals surface area contributed by atoms with Gasteiger partial charge in [-0.3, -0.25) is 4.39 Å². The average Bonchev–Trinajstić information content (AvgIpc) is 2.51. The molecule has 2 rings (SSSR count). The molecular weight excluding hydrogens is 282 g/mol. The van der Waals surface area contributed by atoms with Gasteiger partial charge >= 0.3 is 0 Å². The Labute approximate surface area is 112 Å². The van der Waals surface area contributed by atoms with Crippen LogP contribution in [0.4, 0.5) is 26.3 Å². The number of halogens is 6. The van der Waals surface area contributed by atoms with Gasteiger partial charge in [-0.15, -0.1) is 0 Å². The van der Waals surface area contributed by atoms with Crippen molar-refractivity contribution in [3.8, 4) is 0 Å². The maximum absolute atomic E-state index is 13.7. The largest absolute Gasteiger partial charge is 0.255 e. The summed E-state index contributed by atoms with van der Waals surface area (Å²) in [6.45, 7) is 0.574. The zero-order valence-electron chi connectivity index (χ0n) is 10.8. The van der Waals surface area contributed by atoms with Crippen LogP contribution in [0.2, 0.25) is 0 Å². The van der Waals surface area contributed by atoms with Gasteiger partial charge < -0.3 is 0 Å². The standard InChI is InChI=1S/C13H9F5.CH3F/c1-2-6-3-4-7(5-14)9-8(6)10(15)12(17)13(18)11(9)16;1-2/h3-4H,2,5H2,1H3;1H3. The van der Waals surface area contributed by atoms with Crippen molar-refractivity contribution >= 4 is 10.8 Å². The van der Waals surface area contributed by atoms with Crippen molar-refractivity contribution in [3.63, 3.8) is 0 Å². The summed E-state index contributed by atoms with van der Waals surface area (Å²) in [7, 11) is 0.500. The van der Waals surface area contributed by atoms with Gasteiger partial charge in [0.25, 0.3) is 0 Å². The molecule has 0 heterocycles. The van der Waals surface area contributed by atoms with Gasteiger partial charge in [-0.1, -0.05) is 19.1 Å². The fraction of sp³-hybridized carbons (Fsp3) is 0.286. The third kappa shape index (κ3) is 2.46. The summed E-state index contributed by atoms with van der Waals surface area (Å²) in [5.74, 6) is -6.81. The summed E-state index contributed by atoms with van der Waals surface area (Å²) in [6, 6.07) is 2.64. The minimum Gasteiger partial charge on any atom is -0.255 e. The highest BCUT2D eigenvalue weighted by molar-refractivity contribution is 5.90. The molecule has 0 saturated heterocycles. The number of benzene rings is 2. The fourth-order valence-electron chi connectivity index (χ4n) is 2.01. The molecular formula is C14H12F6. The molecule has 0 amide bonds. The predicted octanol–water partition coefficient (Wildman–Crippen LogP) is 5.01. The smallest absolute Gasteiger partial charge is 0.198 e. The molecule has 2 aromatic rings. The molecule has 0 unspecified atom stereocenters. The van der Waals surface area contributed by atoms with E-state index in [0.717, 1.165) is 0 Å². The van der Waals surface area contributed by atoms with Gasteiger partial charge in [0.2, 0.25) is 0 Å². The van der Waals surface area contributed by atoms with Gasteiger partial charge in [0.1, 0.15) is 6.67 Å². The number of rotatable bonds is 2. The molecule has 6 heteroatoms. The van der Waals surface area contributed by atoms with Crippen LogP contribution in [0.1, 0.15) is 18.1 Å². The molecule has 0 N–H and O–H groups in total. The number of aryl methyl sites for hydroxylation is 1. The van der Waals surface area contributed by atoms with Crippen molar-refractivity contribution in [2.75, 3.05) is 7.18 Å². The molecule has 0 spiro atoms. The molecule has 110 valence electrons. The van der Waals surface area contributed by atoms with E-state index in [1.807, 2.05) is 0 Å². The Kier molecular flexibility index (Phi) is 5.42. The van der Waals surface area contributed by atoms with Crippen molar-refractivity contribution < 1.29 is 26.3 Å². The van der Waals surface area contributed by atoms with Gasteiger partial charge in [0, 0.05) is 10.8 Å². The van der Waals surface area contributed by atoms with Crippen molar-refractivity contribution in [2.24, 2.45) is 0 Å². The second kappa shape index (κ2) is 6.63. The first-order valence-corrected chi connectivity index (χ1v) is 5.73. The van der Waals surface area contributed by atoms with Crippen LogP contribution in [0.25, 0.3) is 10.8 Å². The summed E-state index contributed by atoms with van der Waals surface area (Å²) < 4.78 is 75.9. The van der Waals surface area contributed by atoms with Crippen LogP contribution in [0.3, 0.4) is 0 Å². The molecule has 0 fully saturated rings. The van der Waals surface area contributed by atoms with E-state index in [2.05, 4.69) is 0 Å². The number of hydrogen-bond donors (Lipinski definition) is 0. The molecule has 2 aromatic carbocycles. The number of alkyl halides is 2. The summed E-state index contributed by atoms with van der Waals surface area (Å²) in [6.07, 6.45) is 0.296. The van der Waals surface area contributed by atoms with E-state index in [4.69, 9.17) is 0 Å². The van der Waals surface area contributed by atoms with Crippen LogP contribution < -0.4 is 0 Å². The second-order valence-electron chi connectivity index (χ2n) is 3.88. The minimum absolute atomic E-state index is 0.197. The highest BCUT2D eigenvalue weighted by Crippen LogP contribution is 2.32. The quantitative estimate of drug-likeness (QED) is 0.415. The summed E-state index contributed by atoms with van der Waals surface area (Å²) in [5, 5.41) is -0.905. The Morgan fingerprint density at radius 3 is 1.55 bits per heavy atom. The lowest BCUT2D eigenvalue weighted by Crippen LogP contribution is -2.02. The van der Waals surface area contributed by atoms with Gasteiger partial charge in [-0.25, -0.2) is 22.0 Å². The van der Waals surface area contributed by atoms with Crippen LogP contribution in [0, 0.1) is 23.3 Å². The first-order valence-electron chi connectivity index (χ1n) is 5.73. The molecule has 0 aliphatic rings. The lowest BCUT2D eigenvalue weighted by molar-refractivity contribution is 0.416. The van der Waals surface area contributed by atoms with E-state index in [1.165, 1.54) is 12.1 Å². The molecule has 0 aromatic heterocycles. The molecule has 0 bridgehead atoms. The molecule has 20 heavy (non-hydrogen) atoms. The monoisotopic (exact) mass is 294 g/mol. The van der Waals surface area contributed by atoms with E-state index >= 15 is 0 Å². The van der Waals surface area contributed by atoms with Crippen LogP contribution in [0.5, 0.6) is 0 Å². The normalized spacial score (nSPS) is 10.4. The van der Waals surface area contributed by atoms with Crippen LogP contribution in [-0.4, -0.2) is 7.18 Å². The molecule has 0 radical (unpaired) electrons. The maximum Gasteiger partial charge on any atom is 0.198 e. The van der Waals surface area contributed by atoms with Crippen LogP contribution >= 0.6 is 0 Å². The van der Waals surface area contributed by atoms with Gasteiger partial charge in [-0.2, -0.15) is 0 Å². The first kappa shape index (κ1) is 16.3. The van der Waals surface area contributed by atoms with E-state index in [9.17, 15) is 26.3 Å². The summed E-state index contributed by atoms with van der Waals surface area (Å²) in [5.41, 5.74) is 0.106. The number of fused-ring (bicyclic) bond motifs is 1. The predicted molar refractivity (Wildman–Crippen MR) is 65.0 cm³/mol. The van der Waals surface area contributed by atoms with Gasteiger partial charge in [0.05, 0.1) is 7.18 Å². The maximum atomic E-state index is 13.7. The van der Waals surface area contributed by atoms with Crippen molar-refractivity contribution in [2.45, 2.75) is 20.0 Å². The Morgan fingerprint density at radius 1 is 0.750 bits per heavy atom. The van der Waals surface area contributed by atoms with E-state index < -0.39 is 35.3 Å². The van der Waals surface area contributed by atoms with Crippen LogP contribution in [0.15, 0.2) is 12.1 Å². The lowest BCUT2D eigenvalue weighted by Gasteiger charge is -2.11. The van der Waals surface area contributed by atoms with E-state index in [1.54, 1.807) is 6.92 Å². The molecule has 0 aliphatic heterocycles. The molecule has 0 atom stereocenters. The second-order valence-corrected chi connectivity index (χ2v) is 3.88. The zero-order chi connectivity index (χ0) is 15.4. The topological polar surface area (TPSA) is 0 Å². The molecule has 0 saturated carbocycles. The van der Waals surface area contributed by atoms with E-state index in [0.29, 0.717) is 19.2 Å². The Balaban J connectivity index is 0.000000956. The van der Waals surface area contributed by atoms with Crippen molar-refractivity contribution in [3.05, 3.63) is 46.5 Å². The van der Waals surface area contributed by atoms with Crippen molar-refractivity contribution in [1.82, 2.24) is 0 Å². The average molecular weight is 294 g/mol. The van der Waals surface area contributed by atoms with Gasteiger partial charge in [0.15, 0.2) is 23.3 Å². The highest BCUT2D eigenvalue weighted by Gasteiger charge is 2.23. The zero-order valence-corrected chi connectivity index (χ0v) is 10.8. The first-order chi connectivity index (χ1) is 9.52. The highest BCUT2D eigenvalue weighted by atomic mass is 19.2. The van der Waals surface area contributed by atoms with Crippen LogP contribution in [-0.2, 0) is 13.1 Å². The molecule has 0 nitrogen and oxygen atoms in total. The summed E-state index contributed by atoms with van der Waals surface area (Å²) >= 11 is 0. The Hall–Kier alpha value is -1.72. The fourth-order valence-corrected chi connectivity index (χ4v) is 2.01. The molecule has 0 aliphatic carbocycles. The summed E-state index contributed by atoms with van der Waals surface area (Å²) in [4.78, 5) is 0. The Morgan fingerprint density at radius 2 is 1.15 bits per heavy atom. The SMILES string of the molecule is CCc1ccc(CF)c2c(F)c(F)c(F)c(F)c12.CF. The third-order valence-corrected chi connectivity index (χ3v) is 2.92. The number of hydrogen-bond acceptors (Lipinski definition) is 0. The van der Waals surface area contributed by atoms with Crippen molar-refractivity contribution in [1.29, 1.82) is 0 Å². The van der Waals surface area contributed by atoms with E-state index in [-0.39, 0.29) is 10.9 Å². The Bertz CT molecular complexity index is 567. The lowest BCUT2D eigenvalue weighted by atomic mass is 9.97.